The Morgan fingerprint density at radius 3 is 2.64 bits per heavy atom. The molecule has 0 heterocycles. The standard InChI is InChI=1S/C10H12BrF2N/c1-10(13,6-14)5-7-2-3-8(12)4-9(7)11/h2-4H,5-6,14H2,1H3. The van der Waals surface area contributed by atoms with E-state index in [-0.39, 0.29) is 18.8 Å². The molecule has 0 spiro atoms. The number of halogens is 3. The summed E-state index contributed by atoms with van der Waals surface area (Å²) in [5.41, 5.74) is 4.55. The molecule has 1 aromatic carbocycles. The minimum Gasteiger partial charge on any atom is -0.328 e. The first kappa shape index (κ1) is 11.6. The molecule has 1 rings (SSSR count). The van der Waals surface area contributed by atoms with Gasteiger partial charge >= 0.3 is 0 Å². The lowest BCUT2D eigenvalue weighted by molar-refractivity contribution is 0.200. The number of rotatable bonds is 3. The summed E-state index contributed by atoms with van der Waals surface area (Å²) in [5, 5.41) is 0. The van der Waals surface area contributed by atoms with Crippen molar-refractivity contribution in [3.63, 3.8) is 0 Å². The molecule has 0 saturated carbocycles. The molecule has 0 aromatic heterocycles. The van der Waals surface area contributed by atoms with Crippen molar-refractivity contribution in [2.75, 3.05) is 6.54 Å². The van der Waals surface area contributed by atoms with Crippen molar-refractivity contribution in [3.8, 4) is 0 Å². The van der Waals surface area contributed by atoms with Crippen molar-refractivity contribution in [1.82, 2.24) is 0 Å². The van der Waals surface area contributed by atoms with Gasteiger partial charge in [0.15, 0.2) is 0 Å². The molecule has 4 heteroatoms. The van der Waals surface area contributed by atoms with E-state index < -0.39 is 5.67 Å². The van der Waals surface area contributed by atoms with E-state index in [2.05, 4.69) is 15.9 Å². The van der Waals surface area contributed by atoms with Crippen molar-refractivity contribution in [2.45, 2.75) is 19.0 Å². The molecule has 0 aliphatic heterocycles. The Hall–Kier alpha value is -0.480. The number of alkyl halides is 1. The smallest absolute Gasteiger partial charge is 0.124 e. The van der Waals surface area contributed by atoms with E-state index >= 15 is 0 Å². The molecule has 0 bridgehead atoms. The number of hydrogen-bond acceptors (Lipinski definition) is 1. The fourth-order valence-electron chi connectivity index (χ4n) is 1.13. The van der Waals surface area contributed by atoms with E-state index in [0.29, 0.717) is 4.47 Å². The van der Waals surface area contributed by atoms with E-state index in [1.807, 2.05) is 0 Å². The van der Waals surface area contributed by atoms with Crippen LogP contribution in [-0.2, 0) is 6.42 Å². The Bertz CT molecular complexity index is 326. The maximum Gasteiger partial charge on any atom is 0.124 e. The highest BCUT2D eigenvalue weighted by Gasteiger charge is 2.22. The molecule has 2 N–H and O–H groups in total. The van der Waals surface area contributed by atoms with Gasteiger partial charge in [-0.2, -0.15) is 0 Å². The second kappa shape index (κ2) is 4.36. The summed E-state index contributed by atoms with van der Waals surface area (Å²) in [7, 11) is 0. The average Bonchev–Trinajstić information content (AvgIpc) is 2.10. The Kier molecular flexibility index (Phi) is 3.61. The predicted molar refractivity (Wildman–Crippen MR) is 56.4 cm³/mol. The SMILES string of the molecule is CC(F)(CN)Cc1ccc(F)cc1Br. The zero-order valence-electron chi connectivity index (χ0n) is 7.86. The van der Waals surface area contributed by atoms with Gasteiger partial charge < -0.3 is 5.73 Å². The topological polar surface area (TPSA) is 26.0 Å². The fraction of sp³-hybridized carbons (Fsp3) is 0.400. The van der Waals surface area contributed by atoms with E-state index in [0.717, 1.165) is 5.56 Å². The minimum absolute atomic E-state index is 0.0448. The number of hydrogen-bond donors (Lipinski definition) is 1. The van der Waals surface area contributed by atoms with Crippen LogP contribution in [0.3, 0.4) is 0 Å². The van der Waals surface area contributed by atoms with Crippen LogP contribution in [0.15, 0.2) is 22.7 Å². The molecular formula is C10H12BrF2N. The predicted octanol–water partition coefficient (Wildman–Crippen LogP) is 2.82. The molecule has 1 aromatic rings. The molecule has 78 valence electrons. The van der Waals surface area contributed by atoms with Crippen molar-refractivity contribution in [3.05, 3.63) is 34.1 Å². The maximum absolute atomic E-state index is 13.5. The molecule has 0 amide bonds. The normalized spacial score (nSPS) is 15.2. The zero-order valence-corrected chi connectivity index (χ0v) is 9.44. The van der Waals surface area contributed by atoms with Gasteiger partial charge in [0.2, 0.25) is 0 Å². The van der Waals surface area contributed by atoms with Crippen LogP contribution in [0, 0.1) is 5.82 Å². The highest BCUT2D eigenvalue weighted by Crippen LogP contribution is 2.24. The monoisotopic (exact) mass is 263 g/mol. The summed E-state index contributed by atoms with van der Waals surface area (Å²) in [4.78, 5) is 0. The molecular weight excluding hydrogens is 252 g/mol. The van der Waals surface area contributed by atoms with Crippen LogP contribution in [0.1, 0.15) is 12.5 Å². The molecule has 0 fully saturated rings. The Morgan fingerprint density at radius 1 is 1.50 bits per heavy atom. The number of benzene rings is 1. The highest BCUT2D eigenvalue weighted by atomic mass is 79.9. The Morgan fingerprint density at radius 2 is 2.14 bits per heavy atom. The van der Waals surface area contributed by atoms with Gasteiger partial charge in [-0.1, -0.05) is 22.0 Å². The van der Waals surface area contributed by atoms with Crippen LogP contribution < -0.4 is 5.73 Å². The second-order valence-corrected chi connectivity index (χ2v) is 4.38. The summed E-state index contributed by atoms with van der Waals surface area (Å²) < 4.78 is 26.8. The van der Waals surface area contributed by atoms with Crippen LogP contribution in [0.25, 0.3) is 0 Å². The van der Waals surface area contributed by atoms with Crippen molar-refractivity contribution in [1.29, 1.82) is 0 Å². The van der Waals surface area contributed by atoms with E-state index in [1.54, 1.807) is 6.07 Å². The zero-order chi connectivity index (χ0) is 10.8. The van der Waals surface area contributed by atoms with Gasteiger partial charge in [0.05, 0.1) is 0 Å². The van der Waals surface area contributed by atoms with Crippen molar-refractivity contribution < 1.29 is 8.78 Å². The average molecular weight is 264 g/mol. The molecule has 0 saturated heterocycles. The van der Waals surface area contributed by atoms with Crippen LogP contribution in [0.4, 0.5) is 8.78 Å². The van der Waals surface area contributed by atoms with Gasteiger partial charge in [-0.15, -0.1) is 0 Å². The Balaban J connectivity index is 2.87. The lowest BCUT2D eigenvalue weighted by atomic mass is 9.98. The Labute approximate surface area is 90.4 Å². The van der Waals surface area contributed by atoms with Gasteiger partial charge in [-0.25, -0.2) is 8.78 Å². The summed E-state index contributed by atoms with van der Waals surface area (Å²) >= 11 is 3.18. The van der Waals surface area contributed by atoms with E-state index in [1.165, 1.54) is 19.1 Å². The first-order valence-electron chi connectivity index (χ1n) is 4.27. The minimum atomic E-state index is -1.44. The summed E-state index contributed by atoms with van der Waals surface area (Å²) in [6.07, 6.45) is 0.185. The van der Waals surface area contributed by atoms with Crippen LogP contribution >= 0.6 is 15.9 Å². The molecule has 14 heavy (non-hydrogen) atoms. The summed E-state index contributed by atoms with van der Waals surface area (Å²) in [6.45, 7) is 1.39. The third kappa shape index (κ3) is 3.03. The van der Waals surface area contributed by atoms with Gasteiger partial charge in [-0.3, -0.25) is 0 Å². The number of nitrogens with two attached hydrogens (primary N) is 1. The largest absolute Gasteiger partial charge is 0.328 e. The third-order valence-corrected chi connectivity index (χ3v) is 2.74. The first-order chi connectivity index (χ1) is 6.44. The molecule has 0 radical (unpaired) electrons. The summed E-state index contributed by atoms with van der Waals surface area (Å²) in [5.74, 6) is -0.339. The second-order valence-electron chi connectivity index (χ2n) is 3.53. The van der Waals surface area contributed by atoms with Crippen LogP contribution in [0.2, 0.25) is 0 Å². The van der Waals surface area contributed by atoms with E-state index in [4.69, 9.17) is 5.73 Å². The molecule has 1 unspecified atom stereocenters. The van der Waals surface area contributed by atoms with Crippen LogP contribution in [0.5, 0.6) is 0 Å². The first-order valence-corrected chi connectivity index (χ1v) is 5.07. The fourth-order valence-corrected chi connectivity index (χ4v) is 1.63. The van der Waals surface area contributed by atoms with Crippen LogP contribution in [-0.4, -0.2) is 12.2 Å². The lowest BCUT2D eigenvalue weighted by Crippen LogP contribution is -2.31. The molecule has 1 atom stereocenters. The molecule has 0 aliphatic rings. The quantitative estimate of drug-likeness (QED) is 0.892. The van der Waals surface area contributed by atoms with Crippen molar-refractivity contribution >= 4 is 15.9 Å². The maximum atomic E-state index is 13.5. The van der Waals surface area contributed by atoms with Gasteiger partial charge in [-0.05, 0) is 24.6 Å². The summed E-state index contributed by atoms with van der Waals surface area (Å²) in [6, 6.07) is 4.20. The van der Waals surface area contributed by atoms with Gasteiger partial charge in [0.1, 0.15) is 11.5 Å². The van der Waals surface area contributed by atoms with Crippen molar-refractivity contribution in [2.24, 2.45) is 5.73 Å². The lowest BCUT2D eigenvalue weighted by Gasteiger charge is -2.18. The van der Waals surface area contributed by atoms with Gasteiger partial charge in [0.25, 0.3) is 0 Å². The highest BCUT2D eigenvalue weighted by molar-refractivity contribution is 9.10. The van der Waals surface area contributed by atoms with Gasteiger partial charge in [0, 0.05) is 17.4 Å². The van der Waals surface area contributed by atoms with E-state index in [9.17, 15) is 8.78 Å². The third-order valence-electron chi connectivity index (χ3n) is 2.00. The molecule has 0 aliphatic carbocycles. The molecule has 1 nitrogen and oxygen atoms in total.